The first kappa shape index (κ1) is 23.1. The van der Waals surface area contributed by atoms with Crippen LogP contribution in [0.25, 0.3) is 75.1 Å². The van der Waals surface area contributed by atoms with Crippen molar-refractivity contribution < 1.29 is 11.0 Å². The van der Waals surface area contributed by atoms with Crippen molar-refractivity contribution in [1.82, 2.24) is 0 Å². The maximum absolute atomic E-state index is 9.62. The molecule has 0 radical (unpaired) electrons. The predicted molar refractivity (Wildman–Crippen MR) is 225 cm³/mol. The van der Waals surface area contributed by atoms with Crippen molar-refractivity contribution >= 4 is 70.1 Å². The molecular weight excluding hydrogens is 647 g/mol. The van der Waals surface area contributed by atoms with Gasteiger partial charge in [-0.2, -0.15) is 0 Å². The number of rotatable bonds is 6. The van der Waals surface area contributed by atoms with Crippen LogP contribution < -0.4 is 4.90 Å². The molecule has 0 aliphatic heterocycles. The molecule has 1 nitrogen and oxygen atoms in total. The third kappa shape index (κ3) is 5.24. The van der Waals surface area contributed by atoms with Crippen LogP contribution in [-0.4, -0.2) is 0 Å². The molecule has 10 aromatic rings. The minimum atomic E-state index is -0.383. The lowest BCUT2D eigenvalue weighted by atomic mass is 9.97. The number of fused-ring (bicyclic) bond motifs is 5. The molecule has 0 saturated heterocycles. The van der Waals surface area contributed by atoms with Gasteiger partial charge in [0.05, 0.1) is 11.0 Å². The average Bonchev–Trinajstić information content (AvgIpc) is 3.67. The normalized spacial score (nSPS) is 13.6. The highest BCUT2D eigenvalue weighted by molar-refractivity contribution is 7.26. The smallest absolute Gasteiger partial charge is 0.0645 e. The van der Waals surface area contributed by atoms with E-state index in [0.717, 1.165) is 52.8 Å². The number of anilines is 3. The van der Waals surface area contributed by atoms with Crippen LogP contribution in [0.4, 0.5) is 17.1 Å². The molecule has 0 amide bonds. The average molecular weight is 688 g/mol. The molecule has 0 aliphatic carbocycles. The van der Waals surface area contributed by atoms with Crippen molar-refractivity contribution in [3.05, 3.63) is 200 Å². The van der Waals surface area contributed by atoms with Crippen molar-refractivity contribution in [3.63, 3.8) is 0 Å². The topological polar surface area (TPSA) is 3.24 Å². The molecule has 0 saturated carbocycles. The molecule has 0 fully saturated rings. The maximum Gasteiger partial charge on any atom is 0.0645 e. The molecule has 244 valence electrons. The SMILES string of the molecule is [2H]c1c([2H])c(N(c2cccc(-c3cccc4c3sc3ccccc34)c2)c2c([2H])c([2H])c(-c3cccc4ccccc34)c([2H])c2[2H])c([2H])c([2H])c1-c1cccc2ccccc12. The highest BCUT2D eigenvalue weighted by Crippen LogP contribution is 2.43. The largest absolute Gasteiger partial charge is 0.310 e. The summed E-state index contributed by atoms with van der Waals surface area (Å²) in [5.41, 5.74) is 3.05. The van der Waals surface area contributed by atoms with E-state index in [2.05, 4.69) is 18.2 Å². The lowest BCUT2D eigenvalue weighted by Gasteiger charge is -2.26. The second-order valence-electron chi connectivity index (χ2n) is 12.7. The molecule has 0 aliphatic rings. The van der Waals surface area contributed by atoms with Gasteiger partial charge in [-0.1, -0.05) is 158 Å². The third-order valence-corrected chi connectivity index (χ3v) is 10.8. The molecule has 1 heterocycles. The summed E-state index contributed by atoms with van der Waals surface area (Å²) in [5.74, 6) is 0. The highest BCUT2D eigenvalue weighted by Gasteiger charge is 2.17. The van der Waals surface area contributed by atoms with Crippen molar-refractivity contribution in [2.45, 2.75) is 0 Å². The molecule has 1 aromatic heterocycles. The van der Waals surface area contributed by atoms with E-state index in [-0.39, 0.29) is 70.8 Å². The van der Waals surface area contributed by atoms with Gasteiger partial charge in [-0.25, -0.2) is 0 Å². The van der Waals surface area contributed by atoms with Gasteiger partial charge >= 0.3 is 0 Å². The molecular formula is C50H33NS. The van der Waals surface area contributed by atoms with E-state index in [0.29, 0.717) is 16.8 Å². The van der Waals surface area contributed by atoms with Gasteiger partial charge in [0.2, 0.25) is 0 Å². The maximum atomic E-state index is 9.62. The predicted octanol–water partition coefficient (Wildman–Crippen LogP) is 14.8. The van der Waals surface area contributed by atoms with Gasteiger partial charge in [0.15, 0.2) is 0 Å². The number of hydrogen-bond donors (Lipinski definition) is 0. The molecule has 0 atom stereocenters. The Hall–Kier alpha value is -6.48. The van der Waals surface area contributed by atoms with Crippen LogP contribution in [0.1, 0.15) is 11.0 Å². The lowest BCUT2D eigenvalue weighted by molar-refractivity contribution is 1.28. The molecule has 0 N–H and O–H groups in total. The summed E-state index contributed by atoms with van der Waals surface area (Å²) in [6, 6.07) is 45.3. The van der Waals surface area contributed by atoms with Gasteiger partial charge in [-0.15, -0.1) is 11.3 Å². The van der Waals surface area contributed by atoms with Crippen molar-refractivity contribution in [2.75, 3.05) is 4.90 Å². The first-order valence-electron chi connectivity index (χ1n) is 21.1. The Kier molecular flexibility index (Phi) is 5.63. The molecule has 0 spiro atoms. The van der Waals surface area contributed by atoms with Crippen molar-refractivity contribution in [3.8, 4) is 33.4 Å². The summed E-state index contributed by atoms with van der Waals surface area (Å²) in [6.07, 6.45) is 0. The minimum Gasteiger partial charge on any atom is -0.310 e. The first-order chi connectivity index (χ1) is 29.1. The molecule has 52 heavy (non-hydrogen) atoms. The summed E-state index contributed by atoms with van der Waals surface area (Å²) in [6.45, 7) is 0. The standard InChI is InChI=1S/C50H33NS/c1-3-17-42-34(11-1)13-8-20-44(42)36-25-29-39(30-26-36)51(40-31-27-37(28-32-40)45-21-9-14-35-12-2-4-18-43(35)45)41-16-7-15-38(33-41)46-22-10-23-48-47-19-5-6-24-49(47)52-50(46)48/h1-33H/i25D,26D,27D,28D,29D,30D,31D,32D. The van der Waals surface area contributed by atoms with E-state index >= 15 is 0 Å². The first-order valence-corrected chi connectivity index (χ1v) is 17.9. The minimum absolute atomic E-state index is 0.126. The highest BCUT2D eigenvalue weighted by atomic mass is 32.1. The summed E-state index contributed by atoms with van der Waals surface area (Å²) in [4.78, 5) is 1.38. The Morgan fingerprint density at radius 2 is 0.846 bits per heavy atom. The van der Waals surface area contributed by atoms with E-state index in [1.165, 1.54) is 4.90 Å². The van der Waals surface area contributed by atoms with Crippen LogP contribution >= 0.6 is 11.3 Å². The summed E-state index contributed by atoms with van der Waals surface area (Å²) in [5, 5.41) is 5.56. The van der Waals surface area contributed by atoms with E-state index in [9.17, 15) is 11.0 Å². The number of thiophene rings is 1. The summed E-state index contributed by atoms with van der Waals surface area (Å²) in [7, 11) is 0. The monoisotopic (exact) mass is 687 g/mol. The molecule has 0 bridgehead atoms. The van der Waals surface area contributed by atoms with Gasteiger partial charge in [-0.05, 0) is 97.3 Å². The van der Waals surface area contributed by atoms with E-state index in [1.54, 1.807) is 29.5 Å². The van der Waals surface area contributed by atoms with E-state index in [4.69, 9.17) is 0 Å². The van der Waals surface area contributed by atoms with Crippen molar-refractivity contribution in [2.24, 2.45) is 0 Å². The number of nitrogens with zero attached hydrogens (tertiary/aromatic N) is 1. The van der Waals surface area contributed by atoms with Crippen LogP contribution in [0.3, 0.4) is 0 Å². The fourth-order valence-electron chi connectivity index (χ4n) is 7.15. The zero-order valence-corrected chi connectivity index (χ0v) is 28.6. The van der Waals surface area contributed by atoms with Crippen LogP contribution in [0, 0.1) is 0 Å². The van der Waals surface area contributed by atoms with Gasteiger partial charge < -0.3 is 4.90 Å². The summed E-state index contributed by atoms with van der Waals surface area (Å²) < 4.78 is 78.5. The van der Waals surface area contributed by atoms with Gasteiger partial charge in [-0.3, -0.25) is 0 Å². The molecule has 9 aromatic carbocycles. The zero-order chi connectivity index (χ0) is 41.4. The quantitative estimate of drug-likeness (QED) is 0.168. The van der Waals surface area contributed by atoms with E-state index in [1.807, 2.05) is 115 Å². The Bertz CT molecular complexity index is 3180. The zero-order valence-electron chi connectivity index (χ0n) is 35.8. The van der Waals surface area contributed by atoms with Crippen molar-refractivity contribution in [1.29, 1.82) is 0 Å². The molecule has 0 unspecified atom stereocenters. The summed E-state index contributed by atoms with van der Waals surface area (Å²) >= 11 is 1.68. The fraction of sp³-hybridized carbons (Fsp3) is 0. The third-order valence-electron chi connectivity index (χ3n) is 9.61. The number of benzene rings is 9. The Labute approximate surface area is 318 Å². The van der Waals surface area contributed by atoms with E-state index < -0.39 is 0 Å². The van der Waals surface area contributed by atoms with Crippen LogP contribution in [0.15, 0.2) is 200 Å². The molecule has 10 rings (SSSR count). The Morgan fingerprint density at radius 1 is 0.365 bits per heavy atom. The van der Waals surface area contributed by atoms with Gasteiger partial charge in [0.25, 0.3) is 0 Å². The van der Waals surface area contributed by atoms with Crippen LogP contribution in [-0.2, 0) is 0 Å². The number of hydrogen-bond acceptors (Lipinski definition) is 2. The molecule has 2 heteroatoms. The Balaban J connectivity index is 1.25. The Morgan fingerprint density at radius 3 is 1.48 bits per heavy atom. The van der Waals surface area contributed by atoms with Crippen LogP contribution in [0.2, 0.25) is 0 Å². The lowest BCUT2D eigenvalue weighted by Crippen LogP contribution is -2.10. The van der Waals surface area contributed by atoms with Gasteiger partial charge in [0, 0.05) is 37.2 Å². The fourth-order valence-corrected chi connectivity index (χ4v) is 8.39. The van der Waals surface area contributed by atoms with Gasteiger partial charge in [0.1, 0.15) is 0 Å². The second-order valence-corrected chi connectivity index (χ2v) is 13.7. The van der Waals surface area contributed by atoms with Crippen LogP contribution in [0.5, 0.6) is 0 Å². The second kappa shape index (κ2) is 12.7.